The van der Waals surface area contributed by atoms with Crippen molar-refractivity contribution in [1.29, 1.82) is 0 Å². The summed E-state index contributed by atoms with van der Waals surface area (Å²) in [6, 6.07) is -1.49. The first kappa shape index (κ1) is 17.6. The lowest BCUT2D eigenvalue weighted by molar-refractivity contribution is -0.192. The summed E-state index contributed by atoms with van der Waals surface area (Å²) in [5.41, 5.74) is 5.17. The lowest BCUT2D eigenvalue weighted by atomic mass is 10.3. The molecule has 1 aliphatic rings. The van der Waals surface area contributed by atoms with E-state index in [0.717, 1.165) is 0 Å². The molecule has 20 heavy (non-hydrogen) atoms. The first-order valence-corrected chi connectivity index (χ1v) is 4.84. The maximum Gasteiger partial charge on any atom is 0.490 e. The summed E-state index contributed by atoms with van der Waals surface area (Å²) >= 11 is 0. The van der Waals surface area contributed by atoms with Gasteiger partial charge in [-0.1, -0.05) is 0 Å². The molecule has 1 saturated heterocycles. The maximum atomic E-state index is 11.2. The van der Waals surface area contributed by atoms with E-state index in [2.05, 4.69) is 5.32 Å². The van der Waals surface area contributed by atoms with Gasteiger partial charge in [-0.2, -0.15) is 13.2 Å². The Morgan fingerprint density at radius 1 is 1.30 bits per heavy atom. The van der Waals surface area contributed by atoms with Crippen LogP contribution in [0, 0.1) is 0 Å². The number of urea groups is 1. The molecule has 5 N–H and O–H groups in total. The van der Waals surface area contributed by atoms with Gasteiger partial charge in [-0.25, -0.2) is 9.59 Å². The number of carboxylic acids is 2. The Morgan fingerprint density at radius 2 is 1.75 bits per heavy atom. The van der Waals surface area contributed by atoms with Gasteiger partial charge in [0.1, 0.15) is 12.6 Å². The average molecular weight is 301 g/mol. The summed E-state index contributed by atoms with van der Waals surface area (Å²) in [6.45, 7) is -0.651. The summed E-state index contributed by atoms with van der Waals surface area (Å²) < 4.78 is 31.7. The van der Waals surface area contributed by atoms with Crippen molar-refractivity contribution >= 4 is 23.9 Å². The maximum absolute atomic E-state index is 11.2. The number of nitrogens with zero attached hydrogens (tertiary/aromatic N) is 1. The highest BCUT2D eigenvalue weighted by molar-refractivity contribution is 6.06. The number of nitrogens with two attached hydrogens (primary N) is 1. The number of halogens is 3. The molecule has 1 fully saturated rings. The molecule has 0 saturated carbocycles. The zero-order valence-electron chi connectivity index (χ0n) is 9.68. The van der Waals surface area contributed by atoms with Crippen molar-refractivity contribution in [3.05, 3.63) is 0 Å². The van der Waals surface area contributed by atoms with Crippen molar-refractivity contribution in [2.24, 2.45) is 5.73 Å². The average Bonchev–Trinajstić information content (AvgIpc) is 2.55. The summed E-state index contributed by atoms with van der Waals surface area (Å²) in [6.07, 6.45) is -5.08. The fraction of sp³-hybridized carbons (Fsp3) is 0.500. The van der Waals surface area contributed by atoms with E-state index in [9.17, 15) is 27.6 Å². The second-order valence-corrected chi connectivity index (χ2v) is 3.36. The molecule has 9 nitrogen and oxygen atoms in total. The van der Waals surface area contributed by atoms with Crippen LogP contribution in [0.3, 0.4) is 0 Å². The van der Waals surface area contributed by atoms with Gasteiger partial charge >= 0.3 is 24.1 Å². The molecule has 114 valence electrons. The van der Waals surface area contributed by atoms with Crippen molar-refractivity contribution in [3.63, 3.8) is 0 Å². The van der Waals surface area contributed by atoms with E-state index >= 15 is 0 Å². The van der Waals surface area contributed by atoms with Crippen LogP contribution in [0.4, 0.5) is 18.0 Å². The predicted octanol–water partition coefficient (Wildman–Crippen LogP) is -1.42. The highest BCUT2D eigenvalue weighted by atomic mass is 19.4. The van der Waals surface area contributed by atoms with Crippen molar-refractivity contribution in [2.45, 2.75) is 12.2 Å². The first-order valence-electron chi connectivity index (χ1n) is 4.84. The Morgan fingerprint density at radius 3 is 2.00 bits per heavy atom. The summed E-state index contributed by atoms with van der Waals surface area (Å²) in [7, 11) is 0. The number of carbonyl (C=O) groups is 4. The van der Waals surface area contributed by atoms with Gasteiger partial charge in [0.05, 0.1) is 0 Å². The van der Waals surface area contributed by atoms with Crippen LogP contribution in [0.2, 0.25) is 0 Å². The number of carboxylic acid groups (broad SMARTS) is 2. The van der Waals surface area contributed by atoms with Crippen LogP contribution in [0.1, 0.15) is 0 Å². The Kier molecular flexibility index (Phi) is 5.90. The molecule has 0 aliphatic carbocycles. The van der Waals surface area contributed by atoms with E-state index in [-0.39, 0.29) is 6.54 Å². The quantitative estimate of drug-likeness (QED) is 0.467. The number of hydrogen-bond donors (Lipinski definition) is 4. The number of imide groups is 1. The van der Waals surface area contributed by atoms with Crippen LogP contribution in [0.15, 0.2) is 0 Å². The molecule has 0 bridgehead atoms. The number of hydrogen-bond acceptors (Lipinski definition) is 5. The molecule has 1 aliphatic heterocycles. The van der Waals surface area contributed by atoms with Gasteiger partial charge in [0.15, 0.2) is 0 Å². The third-order valence-corrected chi connectivity index (χ3v) is 1.88. The van der Waals surface area contributed by atoms with Crippen molar-refractivity contribution in [3.8, 4) is 0 Å². The van der Waals surface area contributed by atoms with E-state index in [1.807, 2.05) is 0 Å². The number of nitrogens with one attached hydrogen (secondary N) is 1. The smallest absolute Gasteiger partial charge is 0.480 e. The second-order valence-electron chi connectivity index (χ2n) is 3.36. The van der Waals surface area contributed by atoms with Crippen LogP contribution in [0.5, 0.6) is 0 Å². The Labute approximate surface area is 109 Å². The molecule has 1 heterocycles. The van der Waals surface area contributed by atoms with Crippen LogP contribution < -0.4 is 11.1 Å². The Hall–Kier alpha value is -2.37. The van der Waals surface area contributed by atoms with E-state index < -0.39 is 42.6 Å². The summed E-state index contributed by atoms with van der Waals surface area (Å²) in [5, 5.41) is 17.7. The monoisotopic (exact) mass is 301 g/mol. The van der Waals surface area contributed by atoms with E-state index in [4.69, 9.17) is 20.7 Å². The minimum absolute atomic E-state index is 0.0271. The van der Waals surface area contributed by atoms with Gasteiger partial charge in [0.25, 0.3) is 5.91 Å². The van der Waals surface area contributed by atoms with E-state index in [1.165, 1.54) is 0 Å². The van der Waals surface area contributed by atoms with Crippen molar-refractivity contribution in [1.82, 2.24) is 10.2 Å². The summed E-state index contributed by atoms with van der Waals surface area (Å²) in [4.78, 5) is 41.9. The molecule has 0 radical (unpaired) electrons. The standard InChI is InChI=1S/C6H9N3O4.C2HF3O2/c7-1-3-5(12)9(2-4(10)11)6(13)8-3;3-2(4,5)1(6)7/h3H,1-2,7H2,(H,8,13)(H,10,11);(H,6,7). The van der Waals surface area contributed by atoms with Gasteiger partial charge in [-0.3, -0.25) is 14.5 Å². The molecule has 1 atom stereocenters. The fourth-order valence-corrected chi connectivity index (χ4v) is 1.02. The number of carbonyl (C=O) groups excluding carboxylic acids is 2. The van der Waals surface area contributed by atoms with E-state index in [1.54, 1.807) is 0 Å². The van der Waals surface area contributed by atoms with E-state index in [0.29, 0.717) is 4.90 Å². The largest absolute Gasteiger partial charge is 0.490 e. The second kappa shape index (κ2) is 6.70. The highest BCUT2D eigenvalue weighted by Crippen LogP contribution is 2.13. The minimum Gasteiger partial charge on any atom is -0.480 e. The molecule has 3 amide bonds. The lowest BCUT2D eigenvalue weighted by Gasteiger charge is -2.08. The Balaban J connectivity index is 0.000000441. The first-order chi connectivity index (χ1) is 9.00. The molecule has 1 unspecified atom stereocenters. The zero-order chi connectivity index (χ0) is 16.1. The van der Waals surface area contributed by atoms with Gasteiger partial charge < -0.3 is 21.3 Å². The molecule has 0 aromatic rings. The highest BCUT2D eigenvalue weighted by Gasteiger charge is 2.38. The normalized spacial score (nSPS) is 18.2. The predicted molar refractivity (Wildman–Crippen MR) is 54.4 cm³/mol. The summed E-state index contributed by atoms with van der Waals surface area (Å²) in [5.74, 6) is -4.58. The fourth-order valence-electron chi connectivity index (χ4n) is 1.02. The number of rotatable bonds is 3. The van der Waals surface area contributed by atoms with Gasteiger partial charge in [-0.15, -0.1) is 0 Å². The molecule has 12 heteroatoms. The molecular formula is C8H10F3N3O6. The number of aliphatic carboxylic acids is 2. The van der Waals surface area contributed by atoms with Crippen LogP contribution in [-0.2, 0) is 14.4 Å². The number of amides is 3. The SMILES string of the molecule is NCC1NC(=O)N(CC(=O)O)C1=O.O=C(O)C(F)(F)F. The molecular weight excluding hydrogens is 291 g/mol. The zero-order valence-corrected chi connectivity index (χ0v) is 9.68. The lowest BCUT2D eigenvalue weighted by Crippen LogP contribution is -2.38. The number of alkyl halides is 3. The van der Waals surface area contributed by atoms with Gasteiger partial charge in [0, 0.05) is 6.54 Å². The molecule has 0 aromatic heterocycles. The molecule has 1 rings (SSSR count). The van der Waals surface area contributed by atoms with Crippen molar-refractivity contribution < 1.29 is 42.6 Å². The van der Waals surface area contributed by atoms with Crippen LogP contribution >= 0.6 is 0 Å². The van der Waals surface area contributed by atoms with Crippen LogP contribution in [-0.4, -0.2) is 64.3 Å². The van der Waals surface area contributed by atoms with Crippen LogP contribution in [0.25, 0.3) is 0 Å². The van der Waals surface area contributed by atoms with Gasteiger partial charge in [0.2, 0.25) is 0 Å². The van der Waals surface area contributed by atoms with Gasteiger partial charge in [-0.05, 0) is 0 Å². The Bertz CT molecular complexity index is 424. The molecule has 0 aromatic carbocycles. The van der Waals surface area contributed by atoms with Crippen molar-refractivity contribution in [2.75, 3.05) is 13.1 Å². The minimum atomic E-state index is -5.08. The third-order valence-electron chi connectivity index (χ3n) is 1.88. The topological polar surface area (TPSA) is 150 Å². The molecule has 0 spiro atoms. The third kappa shape index (κ3) is 5.09.